The minimum absolute atomic E-state index is 0.298. The Morgan fingerprint density at radius 3 is 2.48 bits per heavy atom. The molecule has 0 radical (unpaired) electrons. The number of H-pyrrole nitrogens is 1. The highest BCUT2D eigenvalue weighted by atomic mass is 79.9. The van der Waals surface area contributed by atoms with Crippen molar-refractivity contribution in [1.29, 1.82) is 0 Å². The van der Waals surface area contributed by atoms with Crippen LogP contribution in [0, 0.1) is 11.8 Å². The van der Waals surface area contributed by atoms with Crippen LogP contribution < -0.4 is 14.5 Å². The summed E-state index contributed by atoms with van der Waals surface area (Å²) in [6.45, 7) is 8.95. The molecule has 3 unspecified atom stereocenters. The molecule has 1 saturated carbocycles. The van der Waals surface area contributed by atoms with Crippen LogP contribution in [0.1, 0.15) is 30.9 Å². The van der Waals surface area contributed by atoms with Gasteiger partial charge in [0.2, 0.25) is 6.20 Å². The smallest absolute Gasteiger partial charge is 0.232 e. The minimum Gasteiger partial charge on any atom is -0.489 e. The zero-order chi connectivity index (χ0) is 22.9. The maximum absolute atomic E-state index is 11.6. The van der Waals surface area contributed by atoms with E-state index in [9.17, 15) is 4.21 Å². The third-order valence-corrected chi connectivity index (χ3v) is 9.17. The van der Waals surface area contributed by atoms with E-state index < -0.39 is 11.0 Å². The summed E-state index contributed by atoms with van der Waals surface area (Å²) in [6.07, 6.45) is 9.70. The Morgan fingerprint density at radius 1 is 1.15 bits per heavy atom. The first-order chi connectivity index (χ1) is 16.0. The molecule has 1 aromatic carbocycles. The molecule has 9 heteroatoms. The average molecular weight is 538 g/mol. The average Bonchev–Trinajstić information content (AvgIpc) is 3.50. The van der Waals surface area contributed by atoms with Crippen molar-refractivity contribution in [2.45, 2.75) is 38.8 Å². The maximum atomic E-state index is 11.6. The third-order valence-electron chi connectivity index (χ3n) is 7.46. The van der Waals surface area contributed by atoms with Crippen molar-refractivity contribution < 1.29 is 13.7 Å². The number of piperazine rings is 1. The molecule has 0 bridgehead atoms. The van der Waals surface area contributed by atoms with Crippen molar-refractivity contribution in [1.82, 2.24) is 14.3 Å². The zero-order valence-corrected chi connectivity index (χ0v) is 22.0. The molecule has 0 spiro atoms. The van der Waals surface area contributed by atoms with E-state index in [0.717, 1.165) is 75.3 Å². The molecule has 3 atom stereocenters. The van der Waals surface area contributed by atoms with Gasteiger partial charge in [0.25, 0.3) is 0 Å². The second kappa shape index (κ2) is 10.1. The number of ether oxygens (including phenoxy) is 1. The van der Waals surface area contributed by atoms with Gasteiger partial charge in [-0.1, -0.05) is 13.0 Å². The quantitative estimate of drug-likeness (QED) is 0.552. The summed E-state index contributed by atoms with van der Waals surface area (Å²) < 4.78 is 21.2. The van der Waals surface area contributed by atoms with Crippen LogP contribution in [-0.2, 0) is 24.0 Å². The van der Waals surface area contributed by atoms with Crippen molar-refractivity contribution in [2.24, 2.45) is 11.8 Å². The Hall–Kier alpha value is -1.42. The van der Waals surface area contributed by atoms with Gasteiger partial charge in [-0.15, -0.1) is 5.10 Å². The van der Waals surface area contributed by atoms with E-state index >= 15 is 0 Å². The van der Waals surface area contributed by atoms with Crippen LogP contribution in [-0.4, -0.2) is 70.1 Å². The van der Waals surface area contributed by atoms with E-state index in [1.54, 1.807) is 6.26 Å². The summed E-state index contributed by atoms with van der Waals surface area (Å²) in [4.78, 5) is 4.60. The van der Waals surface area contributed by atoms with Gasteiger partial charge in [0.15, 0.2) is 0 Å². The van der Waals surface area contributed by atoms with Crippen LogP contribution in [0.3, 0.4) is 0 Å². The molecule has 1 aliphatic carbocycles. The largest absolute Gasteiger partial charge is 0.489 e. The van der Waals surface area contributed by atoms with E-state index in [0.29, 0.717) is 17.9 Å². The highest BCUT2D eigenvalue weighted by molar-refractivity contribution is 9.10. The lowest BCUT2D eigenvalue weighted by atomic mass is 10.0. The first-order valence-electron chi connectivity index (χ1n) is 12.1. The fraction of sp³-hybridized carbons (Fsp3) is 0.625. The van der Waals surface area contributed by atoms with Crippen molar-refractivity contribution >= 4 is 26.9 Å². The van der Waals surface area contributed by atoms with Crippen LogP contribution in [0.4, 0.5) is 0 Å². The molecule has 1 N–H and O–H groups in total. The molecule has 3 fully saturated rings. The molecular formula is C24H35BrN5O2S+. The number of fused-ring (bicyclic) bond motifs is 1. The summed E-state index contributed by atoms with van der Waals surface area (Å²) in [7, 11) is -0.859. The monoisotopic (exact) mass is 536 g/mol. The van der Waals surface area contributed by atoms with Gasteiger partial charge in [0.1, 0.15) is 5.75 Å². The Bertz CT molecular complexity index is 979. The number of halogens is 1. The summed E-state index contributed by atoms with van der Waals surface area (Å²) >= 11 is 3.75. The molecule has 33 heavy (non-hydrogen) atoms. The van der Waals surface area contributed by atoms with Crippen LogP contribution in [0.15, 0.2) is 35.1 Å². The van der Waals surface area contributed by atoms with Crippen molar-refractivity contribution in [3.05, 3.63) is 46.2 Å². The lowest BCUT2D eigenvalue weighted by molar-refractivity contribution is -0.745. The second-order valence-electron chi connectivity index (χ2n) is 9.67. The van der Waals surface area contributed by atoms with Gasteiger partial charge in [-0.25, -0.2) is 8.51 Å². The van der Waals surface area contributed by atoms with Gasteiger partial charge in [0, 0.05) is 44.5 Å². The molecule has 3 aliphatic rings. The topological polar surface area (TPSA) is 55.7 Å². The van der Waals surface area contributed by atoms with Crippen molar-refractivity contribution in [3.8, 4) is 5.75 Å². The Labute approximate surface area is 207 Å². The fourth-order valence-electron chi connectivity index (χ4n) is 5.55. The number of nitrogens with zero attached hydrogens (tertiary/aromatic N) is 4. The standard InChI is InChI=1S/C24H34BrN5O2S/c1-3-18-13-26-30(15-18)28-16-20-11-22(12-21(20)17-28)32-24-5-4-19(10-23(24)25)14-27-6-8-29(9-7-27)33(2)31/h4-5,10,13,15,20-22H,3,6-9,11-12,14,16-17H2,1-2H3/p+1. The summed E-state index contributed by atoms with van der Waals surface area (Å²) in [6, 6.07) is 6.51. The lowest BCUT2D eigenvalue weighted by Gasteiger charge is -2.33. The molecule has 5 rings (SSSR count). The Balaban J connectivity index is 1.12. The summed E-state index contributed by atoms with van der Waals surface area (Å²) in [5, 5.41) is 5.81. The van der Waals surface area contributed by atoms with Gasteiger partial charge in [-0.2, -0.15) is 5.01 Å². The molecular weight excluding hydrogens is 502 g/mol. The van der Waals surface area contributed by atoms with E-state index in [-0.39, 0.29) is 0 Å². The number of aromatic nitrogens is 2. The SMILES string of the molecule is CCc1c[nH][n+](N2CC3CC(Oc4ccc(CN5CCN(S(C)=O)CC5)cc4Br)CC3C2)c1. The molecule has 2 aliphatic heterocycles. The number of hydrogen-bond donors (Lipinski definition) is 1. The zero-order valence-electron chi connectivity index (χ0n) is 19.6. The van der Waals surface area contributed by atoms with Crippen LogP contribution >= 0.6 is 15.9 Å². The predicted molar refractivity (Wildman–Crippen MR) is 134 cm³/mol. The first kappa shape index (κ1) is 23.3. The van der Waals surface area contributed by atoms with Gasteiger partial charge in [0.05, 0.1) is 40.8 Å². The summed E-state index contributed by atoms with van der Waals surface area (Å²) in [5.41, 5.74) is 2.63. The number of aromatic amines is 1. The van der Waals surface area contributed by atoms with E-state index in [4.69, 9.17) is 4.74 Å². The van der Waals surface area contributed by atoms with Crippen LogP contribution in [0.2, 0.25) is 0 Å². The van der Waals surface area contributed by atoms with Crippen molar-refractivity contribution in [2.75, 3.05) is 50.5 Å². The Morgan fingerprint density at radius 2 is 1.88 bits per heavy atom. The van der Waals surface area contributed by atoms with Gasteiger partial charge >= 0.3 is 0 Å². The van der Waals surface area contributed by atoms with E-state index in [2.05, 4.69) is 73.2 Å². The minimum atomic E-state index is -0.859. The predicted octanol–water partition coefficient (Wildman–Crippen LogP) is 2.46. The van der Waals surface area contributed by atoms with Gasteiger partial charge in [-0.05, 0) is 69.5 Å². The first-order valence-corrected chi connectivity index (χ1v) is 14.4. The fourth-order valence-corrected chi connectivity index (χ4v) is 6.75. The van der Waals surface area contributed by atoms with Crippen LogP contribution in [0.25, 0.3) is 0 Å². The molecule has 0 amide bonds. The van der Waals surface area contributed by atoms with E-state index in [1.807, 2.05) is 4.31 Å². The Kier molecular flexibility index (Phi) is 7.11. The number of aryl methyl sites for hydroxylation is 1. The van der Waals surface area contributed by atoms with E-state index in [1.165, 1.54) is 11.1 Å². The maximum Gasteiger partial charge on any atom is 0.232 e. The third kappa shape index (κ3) is 5.31. The molecule has 7 nitrogen and oxygen atoms in total. The van der Waals surface area contributed by atoms with Gasteiger partial charge in [-0.3, -0.25) is 4.90 Å². The molecule has 2 saturated heterocycles. The molecule has 3 heterocycles. The summed E-state index contributed by atoms with van der Waals surface area (Å²) in [5.74, 6) is 2.35. The number of benzene rings is 1. The normalized spacial score (nSPS) is 27.1. The number of rotatable bonds is 7. The van der Waals surface area contributed by atoms with Crippen molar-refractivity contribution in [3.63, 3.8) is 0 Å². The van der Waals surface area contributed by atoms with Gasteiger partial charge < -0.3 is 4.74 Å². The highest BCUT2D eigenvalue weighted by Gasteiger charge is 2.45. The number of hydrogen-bond acceptors (Lipinski definition) is 4. The van der Waals surface area contributed by atoms with Crippen LogP contribution in [0.5, 0.6) is 5.75 Å². The second-order valence-corrected chi connectivity index (χ2v) is 11.9. The highest BCUT2D eigenvalue weighted by Crippen LogP contribution is 2.39. The molecule has 2 aromatic rings. The number of nitrogens with one attached hydrogen (secondary N) is 1. The molecule has 1 aromatic heterocycles. The lowest BCUT2D eigenvalue weighted by Crippen LogP contribution is -2.58. The molecule has 180 valence electrons.